The van der Waals surface area contributed by atoms with E-state index >= 15 is 0 Å². The minimum Gasteiger partial charge on any atom is -0.157 e. The molecule has 16 heavy (non-hydrogen) atoms. The summed E-state index contributed by atoms with van der Waals surface area (Å²) in [5.41, 5.74) is 2.79. The van der Waals surface area contributed by atoms with Crippen molar-refractivity contribution < 1.29 is 0 Å². The summed E-state index contributed by atoms with van der Waals surface area (Å²) < 4.78 is -0.254. The molecule has 1 aliphatic carbocycles. The Balaban J connectivity index is 1.89. The molecule has 0 nitrogen and oxygen atoms in total. The molecule has 2 rings (SSSR count). The van der Waals surface area contributed by atoms with Crippen LogP contribution in [0.2, 0.25) is 0 Å². The van der Waals surface area contributed by atoms with Gasteiger partial charge in [-0.25, -0.2) is 0 Å². The summed E-state index contributed by atoms with van der Waals surface area (Å²) in [4.78, 5) is 0. The first-order valence-corrected chi connectivity index (χ1v) is 6.42. The molecule has 0 amide bonds. The summed E-state index contributed by atoms with van der Waals surface area (Å²) in [6.45, 7) is 0. The Morgan fingerprint density at radius 1 is 1.06 bits per heavy atom. The Kier molecular flexibility index (Phi) is 3.82. The average Bonchev–Trinajstić information content (AvgIpc) is 2.29. The number of hydrogen-bond donors (Lipinski definition) is 2. The van der Waals surface area contributed by atoms with Crippen molar-refractivity contribution in [3.05, 3.63) is 59.7 Å². The Morgan fingerprint density at radius 3 is 2.44 bits per heavy atom. The molecule has 0 aromatic heterocycles. The number of thiol groups is 2. The first-order chi connectivity index (χ1) is 7.66. The van der Waals surface area contributed by atoms with Gasteiger partial charge in [0, 0.05) is 0 Å². The zero-order chi connectivity index (χ0) is 11.4. The molecule has 0 saturated heterocycles. The van der Waals surface area contributed by atoms with Crippen molar-refractivity contribution >= 4 is 25.3 Å². The van der Waals surface area contributed by atoms with Gasteiger partial charge >= 0.3 is 0 Å². The lowest BCUT2D eigenvalue weighted by Gasteiger charge is -2.20. The van der Waals surface area contributed by atoms with E-state index in [-0.39, 0.29) is 4.08 Å². The third kappa shape index (κ3) is 3.46. The third-order valence-corrected chi connectivity index (χ3v) is 3.44. The molecule has 2 heteroatoms. The predicted octanol–water partition coefficient (Wildman–Crippen LogP) is 4.06. The fourth-order valence-electron chi connectivity index (χ4n) is 1.78. The maximum atomic E-state index is 4.43. The normalized spacial score (nSPS) is 18.2. The summed E-state index contributed by atoms with van der Waals surface area (Å²) in [5, 5.41) is 0. The topological polar surface area (TPSA) is 0 Å². The summed E-state index contributed by atoms with van der Waals surface area (Å²) >= 11 is 8.86. The maximum Gasteiger partial charge on any atom is 0.0770 e. The van der Waals surface area contributed by atoms with E-state index < -0.39 is 0 Å². The Bertz CT molecular complexity index is 402. The van der Waals surface area contributed by atoms with Crippen LogP contribution in [-0.2, 0) is 6.42 Å². The molecule has 0 saturated carbocycles. The minimum absolute atomic E-state index is 0.254. The van der Waals surface area contributed by atoms with Gasteiger partial charge < -0.3 is 0 Å². The van der Waals surface area contributed by atoms with E-state index in [1.807, 2.05) is 0 Å². The van der Waals surface area contributed by atoms with Crippen LogP contribution in [0.5, 0.6) is 0 Å². The lowest BCUT2D eigenvalue weighted by molar-refractivity contribution is 0.912. The largest absolute Gasteiger partial charge is 0.157 e. The second-order valence-corrected chi connectivity index (χ2v) is 6.13. The van der Waals surface area contributed by atoms with Crippen molar-refractivity contribution in [1.82, 2.24) is 0 Å². The van der Waals surface area contributed by atoms with Crippen LogP contribution in [0.25, 0.3) is 0 Å². The van der Waals surface area contributed by atoms with Crippen molar-refractivity contribution in [2.75, 3.05) is 0 Å². The summed E-state index contributed by atoms with van der Waals surface area (Å²) in [7, 11) is 0. The van der Waals surface area contributed by atoms with Gasteiger partial charge in [-0.05, 0) is 24.8 Å². The van der Waals surface area contributed by atoms with E-state index in [1.165, 1.54) is 11.1 Å². The fraction of sp³-hybridized carbons (Fsp3) is 0.286. The van der Waals surface area contributed by atoms with Gasteiger partial charge in [0.2, 0.25) is 0 Å². The number of rotatable bonds is 3. The highest BCUT2D eigenvalue weighted by Gasteiger charge is 2.17. The number of aryl methyl sites for hydroxylation is 1. The molecule has 1 aliphatic rings. The smallest absolute Gasteiger partial charge is 0.0770 e. The molecule has 0 heterocycles. The quantitative estimate of drug-likeness (QED) is 0.585. The van der Waals surface area contributed by atoms with E-state index in [2.05, 4.69) is 73.8 Å². The highest BCUT2D eigenvalue weighted by molar-refractivity contribution is 8.00. The van der Waals surface area contributed by atoms with Crippen LogP contribution < -0.4 is 0 Å². The first kappa shape index (κ1) is 11.9. The van der Waals surface area contributed by atoms with Crippen LogP contribution in [0.3, 0.4) is 0 Å². The molecule has 0 radical (unpaired) electrons. The molecule has 84 valence electrons. The monoisotopic (exact) mass is 248 g/mol. The van der Waals surface area contributed by atoms with Gasteiger partial charge in [0.05, 0.1) is 4.08 Å². The molecule has 0 bridgehead atoms. The summed E-state index contributed by atoms with van der Waals surface area (Å²) in [6.07, 6.45) is 9.55. The molecular formula is C14H16S2. The standard InChI is InChI=1S/C14H16S2/c15-14(16)10-8-13(9-11-14)7-6-12-4-2-1-3-5-12/h1-5,8-10,15-16H,6-7,11H2. The van der Waals surface area contributed by atoms with E-state index in [0.29, 0.717) is 0 Å². The van der Waals surface area contributed by atoms with Crippen LogP contribution in [0.1, 0.15) is 18.4 Å². The Labute approximate surface area is 108 Å². The number of benzene rings is 1. The van der Waals surface area contributed by atoms with Crippen LogP contribution >= 0.6 is 25.3 Å². The van der Waals surface area contributed by atoms with Gasteiger partial charge in [0.1, 0.15) is 0 Å². The highest BCUT2D eigenvalue weighted by Crippen LogP contribution is 2.31. The molecular weight excluding hydrogens is 232 g/mol. The second-order valence-electron chi connectivity index (χ2n) is 4.18. The number of allylic oxidation sites excluding steroid dienone is 3. The summed E-state index contributed by atoms with van der Waals surface area (Å²) in [6, 6.07) is 10.6. The predicted molar refractivity (Wildman–Crippen MR) is 77.3 cm³/mol. The molecule has 0 N–H and O–H groups in total. The molecule has 0 spiro atoms. The second kappa shape index (κ2) is 5.15. The Hall–Kier alpha value is -0.600. The van der Waals surface area contributed by atoms with Gasteiger partial charge in [-0.15, -0.1) is 0 Å². The van der Waals surface area contributed by atoms with Gasteiger partial charge in [0.15, 0.2) is 0 Å². The van der Waals surface area contributed by atoms with Crippen LogP contribution in [0, 0.1) is 0 Å². The van der Waals surface area contributed by atoms with E-state index in [1.54, 1.807) is 0 Å². The van der Waals surface area contributed by atoms with E-state index in [9.17, 15) is 0 Å². The SMILES string of the molecule is SC1(S)C=CC(CCc2ccccc2)=CC1. The molecule has 0 unspecified atom stereocenters. The summed E-state index contributed by atoms with van der Waals surface area (Å²) in [5.74, 6) is 0. The molecule has 1 aromatic rings. The van der Waals surface area contributed by atoms with Crippen molar-refractivity contribution in [1.29, 1.82) is 0 Å². The van der Waals surface area contributed by atoms with Gasteiger partial charge in [-0.3, -0.25) is 0 Å². The molecule has 1 aromatic carbocycles. The third-order valence-electron chi connectivity index (χ3n) is 2.77. The van der Waals surface area contributed by atoms with Crippen LogP contribution in [-0.4, -0.2) is 4.08 Å². The molecule has 0 atom stereocenters. The zero-order valence-corrected chi connectivity index (χ0v) is 10.9. The average molecular weight is 248 g/mol. The lowest BCUT2D eigenvalue weighted by Crippen LogP contribution is -2.10. The van der Waals surface area contributed by atoms with Crippen molar-refractivity contribution in [3.8, 4) is 0 Å². The van der Waals surface area contributed by atoms with Crippen molar-refractivity contribution in [2.24, 2.45) is 0 Å². The lowest BCUT2D eigenvalue weighted by atomic mass is 9.99. The van der Waals surface area contributed by atoms with Gasteiger partial charge in [-0.1, -0.05) is 54.1 Å². The van der Waals surface area contributed by atoms with Gasteiger partial charge in [0.25, 0.3) is 0 Å². The van der Waals surface area contributed by atoms with Crippen LogP contribution in [0.15, 0.2) is 54.1 Å². The minimum atomic E-state index is -0.254. The maximum absolute atomic E-state index is 4.43. The first-order valence-electron chi connectivity index (χ1n) is 5.53. The number of hydrogen-bond acceptors (Lipinski definition) is 2. The van der Waals surface area contributed by atoms with E-state index in [4.69, 9.17) is 0 Å². The van der Waals surface area contributed by atoms with Crippen LogP contribution in [0.4, 0.5) is 0 Å². The molecule has 0 aliphatic heterocycles. The van der Waals surface area contributed by atoms with E-state index in [0.717, 1.165) is 19.3 Å². The zero-order valence-electron chi connectivity index (χ0n) is 9.13. The van der Waals surface area contributed by atoms with Crippen molar-refractivity contribution in [3.63, 3.8) is 0 Å². The van der Waals surface area contributed by atoms with Crippen molar-refractivity contribution in [2.45, 2.75) is 23.3 Å². The highest BCUT2D eigenvalue weighted by atomic mass is 32.2. The Morgan fingerprint density at radius 2 is 1.81 bits per heavy atom. The van der Waals surface area contributed by atoms with Gasteiger partial charge in [-0.2, -0.15) is 25.3 Å². The molecule has 0 fully saturated rings. The fourth-order valence-corrected chi connectivity index (χ4v) is 2.11.